The summed E-state index contributed by atoms with van der Waals surface area (Å²) in [6, 6.07) is 5.33. The van der Waals surface area contributed by atoms with E-state index < -0.39 is 17.4 Å². The van der Waals surface area contributed by atoms with Crippen molar-refractivity contribution < 1.29 is 19.4 Å². The van der Waals surface area contributed by atoms with Gasteiger partial charge in [0.05, 0.1) is 5.41 Å². The van der Waals surface area contributed by atoms with E-state index in [2.05, 4.69) is 15.9 Å². The summed E-state index contributed by atoms with van der Waals surface area (Å²) >= 11 is 3.36. The molecule has 0 saturated carbocycles. The highest BCUT2D eigenvalue weighted by molar-refractivity contribution is 9.10. The van der Waals surface area contributed by atoms with Gasteiger partial charge in [-0.25, -0.2) is 0 Å². The lowest BCUT2D eigenvalue weighted by molar-refractivity contribution is -0.144. The van der Waals surface area contributed by atoms with Crippen LogP contribution >= 0.6 is 15.9 Å². The van der Waals surface area contributed by atoms with E-state index in [1.54, 1.807) is 31.2 Å². The highest BCUT2D eigenvalue weighted by Crippen LogP contribution is 2.44. The first kappa shape index (κ1) is 14.8. The van der Waals surface area contributed by atoms with Gasteiger partial charge in [0.1, 0.15) is 5.76 Å². The summed E-state index contributed by atoms with van der Waals surface area (Å²) in [7, 11) is 0. The van der Waals surface area contributed by atoms with E-state index in [-0.39, 0.29) is 5.92 Å². The van der Waals surface area contributed by atoms with Gasteiger partial charge >= 0.3 is 11.9 Å². The van der Waals surface area contributed by atoms with Gasteiger partial charge in [-0.3, -0.25) is 9.59 Å². The summed E-state index contributed by atoms with van der Waals surface area (Å²) in [6.07, 6.45) is 1.70. The second kappa shape index (κ2) is 5.05. The highest BCUT2D eigenvalue weighted by atomic mass is 79.9. The Morgan fingerprint density at radius 1 is 1.40 bits per heavy atom. The van der Waals surface area contributed by atoms with Crippen LogP contribution < -0.4 is 0 Å². The Labute approximate surface area is 125 Å². The lowest BCUT2D eigenvalue weighted by atomic mass is 9.67. The molecule has 1 N–H and O–H groups in total. The zero-order chi connectivity index (χ0) is 15.1. The number of halogens is 1. The minimum absolute atomic E-state index is 0.289. The van der Waals surface area contributed by atoms with Gasteiger partial charge < -0.3 is 9.84 Å². The zero-order valence-electron chi connectivity index (χ0n) is 11.4. The molecule has 0 bridgehead atoms. The van der Waals surface area contributed by atoms with Crippen LogP contribution in [-0.2, 0) is 19.7 Å². The smallest absolute Gasteiger partial charge is 0.314 e. The van der Waals surface area contributed by atoms with Crippen LogP contribution in [0.5, 0.6) is 0 Å². The molecule has 0 saturated heterocycles. The predicted octanol–water partition coefficient (Wildman–Crippen LogP) is 3.35. The van der Waals surface area contributed by atoms with E-state index in [4.69, 9.17) is 4.74 Å². The van der Waals surface area contributed by atoms with Gasteiger partial charge in [-0.05, 0) is 36.6 Å². The van der Waals surface area contributed by atoms with Gasteiger partial charge in [-0.15, -0.1) is 0 Å². The van der Waals surface area contributed by atoms with Gasteiger partial charge in [-0.2, -0.15) is 0 Å². The van der Waals surface area contributed by atoms with Crippen molar-refractivity contribution in [3.63, 3.8) is 0 Å². The Bertz CT molecular complexity index is 620. The van der Waals surface area contributed by atoms with E-state index in [9.17, 15) is 14.7 Å². The van der Waals surface area contributed by atoms with Crippen molar-refractivity contribution in [1.29, 1.82) is 0 Å². The van der Waals surface area contributed by atoms with Crippen molar-refractivity contribution in [3.8, 4) is 0 Å². The molecule has 0 fully saturated rings. The molecule has 2 rings (SSSR count). The maximum Gasteiger partial charge on any atom is 0.314 e. The zero-order valence-corrected chi connectivity index (χ0v) is 13.0. The standard InChI is InChI=1S/C15H15BrO4/c1-8-6-13(20-9(2)17)11-7-10(16)4-5-12(11)15(8,3)14(18)19/h4-8H,1-3H3,(H,18,19). The van der Waals surface area contributed by atoms with Gasteiger partial charge in [0.2, 0.25) is 0 Å². The number of hydrogen-bond donors (Lipinski definition) is 1. The number of carbonyl (C=O) groups excluding carboxylic acids is 1. The fraction of sp³-hybridized carbons (Fsp3) is 0.333. The summed E-state index contributed by atoms with van der Waals surface area (Å²) in [5.74, 6) is -1.19. The summed E-state index contributed by atoms with van der Waals surface area (Å²) in [5, 5.41) is 9.60. The molecule has 0 spiro atoms. The molecule has 1 aliphatic carbocycles. The Morgan fingerprint density at radius 2 is 2.05 bits per heavy atom. The molecule has 2 unspecified atom stereocenters. The fourth-order valence-electron chi connectivity index (χ4n) is 2.46. The van der Waals surface area contributed by atoms with Crippen molar-refractivity contribution in [2.24, 2.45) is 5.92 Å². The van der Waals surface area contributed by atoms with Crippen LogP contribution in [0.25, 0.3) is 5.76 Å². The van der Waals surface area contributed by atoms with E-state index in [1.807, 2.05) is 6.92 Å². The Balaban J connectivity index is 2.68. The topological polar surface area (TPSA) is 63.6 Å². The number of allylic oxidation sites excluding steroid dienone is 1. The Kier molecular flexibility index (Phi) is 3.73. The minimum Gasteiger partial charge on any atom is -0.481 e. The minimum atomic E-state index is -1.04. The summed E-state index contributed by atoms with van der Waals surface area (Å²) in [6.45, 7) is 4.82. The number of fused-ring (bicyclic) bond motifs is 1. The van der Waals surface area contributed by atoms with Crippen LogP contribution in [0, 0.1) is 5.92 Å². The number of rotatable bonds is 2. The number of carboxylic acids is 1. The van der Waals surface area contributed by atoms with Gasteiger partial charge in [-0.1, -0.05) is 28.9 Å². The number of aliphatic carboxylic acids is 1. The van der Waals surface area contributed by atoms with Crippen molar-refractivity contribution in [2.45, 2.75) is 26.2 Å². The third kappa shape index (κ3) is 2.26. The van der Waals surface area contributed by atoms with E-state index in [1.165, 1.54) is 6.92 Å². The number of esters is 1. The fourth-order valence-corrected chi connectivity index (χ4v) is 2.82. The predicted molar refractivity (Wildman–Crippen MR) is 78.0 cm³/mol. The van der Waals surface area contributed by atoms with Gasteiger partial charge in [0.15, 0.2) is 0 Å². The third-order valence-corrected chi connectivity index (χ3v) is 4.31. The second-order valence-electron chi connectivity index (χ2n) is 5.11. The molecule has 0 radical (unpaired) electrons. The molecule has 0 aliphatic heterocycles. The molecular weight excluding hydrogens is 324 g/mol. The molecule has 0 heterocycles. The summed E-state index contributed by atoms with van der Waals surface area (Å²) < 4.78 is 6.03. The average Bonchev–Trinajstić information content (AvgIpc) is 2.34. The second-order valence-corrected chi connectivity index (χ2v) is 6.03. The Morgan fingerprint density at radius 3 is 2.60 bits per heavy atom. The normalized spacial score (nSPS) is 24.6. The lowest BCUT2D eigenvalue weighted by Crippen LogP contribution is -2.41. The van der Waals surface area contributed by atoms with Crippen LogP contribution in [0.2, 0.25) is 0 Å². The first-order valence-electron chi connectivity index (χ1n) is 6.21. The van der Waals surface area contributed by atoms with Crippen molar-refractivity contribution >= 4 is 33.6 Å². The largest absolute Gasteiger partial charge is 0.481 e. The van der Waals surface area contributed by atoms with Gasteiger partial charge in [0.25, 0.3) is 0 Å². The van der Waals surface area contributed by atoms with Crippen LogP contribution in [-0.4, -0.2) is 17.0 Å². The Hall–Kier alpha value is -1.62. The number of hydrogen-bond acceptors (Lipinski definition) is 3. The van der Waals surface area contributed by atoms with E-state index in [0.717, 1.165) is 4.47 Å². The molecule has 5 heteroatoms. The van der Waals surface area contributed by atoms with Crippen molar-refractivity contribution in [1.82, 2.24) is 0 Å². The van der Waals surface area contributed by atoms with Crippen molar-refractivity contribution in [3.05, 3.63) is 39.9 Å². The number of carboxylic acid groups (broad SMARTS) is 1. The highest BCUT2D eigenvalue weighted by Gasteiger charge is 2.45. The maximum absolute atomic E-state index is 11.7. The quantitative estimate of drug-likeness (QED) is 0.840. The summed E-state index contributed by atoms with van der Waals surface area (Å²) in [4.78, 5) is 22.9. The third-order valence-electron chi connectivity index (χ3n) is 3.82. The average molecular weight is 339 g/mol. The molecule has 1 aliphatic rings. The number of ether oxygens (including phenoxy) is 1. The van der Waals surface area contributed by atoms with Crippen molar-refractivity contribution in [2.75, 3.05) is 0 Å². The lowest BCUT2D eigenvalue weighted by Gasteiger charge is -2.36. The molecule has 106 valence electrons. The SMILES string of the molecule is CC(=O)OC1=CC(C)C(C)(C(=O)O)c2ccc(Br)cc21. The molecule has 1 aromatic carbocycles. The molecule has 0 aromatic heterocycles. The number of benzene rings is 1. The molecular formula is C15H15BrO4. The molecule has 2 atom stereocenters. The van der Waals surface area contributed by atoms with Crippen LogP contribution in [0.15, 0.2) is 28.7 Å². The molecule has 0 amide bonds. The summed E-state index contributed by atoms with van der Waals surface area (Å²) in [5.41, 5.74) is 0.247. The van der Waals surface area contributed by atoms with Crippen LogP contribution in [0.3, 0.4) is 0 Å². The first-order valence-corrected chi connectivity index (χ1v) is 7.00. The number of carbonyl (C=O) groups is 2. The van der Waals surface area contributed by atoms with E-state index >= 15 is 0 Å². The first-order chi connectivity index (χ1) is 9.26. The van der Waals surface area contributed by atoms with Crippen LogP contribution in [0.1, 0.15) is 31.9 Å². The monoisotopic (exact) mass is 338 g/mol. The van der Waals surface area contributed by atoms with E-state index in [0.29, 0.717) is 16.9 Å². The molecule has 4 nitrogen and oxygen atoms in total. The van der Waals surface area contributed by atoms with Gasteiger partial charge in [0, 0.05) is 17.0 Å². The molecule has 20 heavy (non-hydrogen) atoms. The van der Waals surface area contributed by atoms with Crippen LogP contribution in [0.4, 0.5) is 0 Å². The maximum atomic E-state index is 11.7. The molecule has 1 aromatic rings.